The van der Waals surface area contributed by atoms with Gasteiger partial charge in [-0.25, -0.2) is 0 Å². The summed E-state index contributed by atoms with van der Waals surface area (Å²) in [6.07, 6.45) is 0. The molecule has 1 aromatic rings. The molecule has 0 aliphatic heterocycles. The molecule has 0 unspecified atom stereocenters. The molecule has 1 N–H and O–H groups in total. The Kier molecular flexibility index (Phi) is 3.44. The van der Waals surface area contributed by atoms with Crippen LogP contribution in [0.4, 0.5) is 10.4 Å². The molecule has 1 rings (SSSR count). The minimum atomic E-state index is 0. The van der Waals surface area contributed by atoms with E-state index in [2.05, 4.69) is 5.32 Å². The highest BCUT2D eigenvalue weighted by molar-refractivity contribution is 5.41. The van der Waals surface area contributed by atoms with Gasteiger partial charge >= 0.3 is 0 Å². The van der Waals surface area contributed by atoms with Crippen molar-refractivity contribution in [1.82, 2.24) is 0 Å². The van der Waals surface area contributed by atoms with Crippen LogP contribution in [0.15, 0.2) is 30.3 Å². The zero-order chi connectivity index (χ0) is 5.82. The molecule has 0 saturated carbocycles. The molecule has 1 aromatic carbocycles. The van der Waals surface area contributed by atoms with Crippen molar-refractivity contribution in [2.45, 2.75) is 0 Å². The van der Waals surface area contributed by atoms with E-state index in [1.807, 2.05) is 37.4 Å². The van der Waals surface area contributed by atoms with E-state index in [9.17, 15) is 0 Å². The molecule has 0 aliphatic rings. The number of halogens is 1. The van der Waals surface area contributed by atoms with E-state index in [0.29, 0.717) is 0 Å². The number of nitrogens with one attached hydrogen (secondary N) is 1. The number of rotatable bonds is 1. The predicted molar refractivity (Wildman–Crippen MR) is 38.5 cm³/mol. The van der Waals surface area contributed by atoms with Gasteiger partial charge in [-0.3, -0.25) is 4.70 Å². The molecule has 9 heavy (non-hydrogen) atoms. The summed E-state index contributed by atoms with van der Waals surface area (Å²) in [6.45, 7) is 0. The molecule has 1 nitrogen and oxygen atoms in total. The Morgan fingerprint density at radius 1 is 1.11 bits per heavy atom. The topological polar surface area (TPSA) is 12.0 Å². The molecule has 2 heteroatoms. The summed E-state index contributed by atoms with van der Waals surface area (Å²) < 4.78 is 0. The van der Waals surface area contributed by atoms with E-state index in [1.165, 1.54) is 0 Å². The van der Waals surface area contributed by atoms with Gasteiger partial charge in [0.25, 0.3) is 0 Å². The average molecular weight is 127 g/mol. The van der Waals surface area contributed by atoms with E-state index in [4.69, 9.17) is 0 Å². The molecule has 0 saturated heterocycles. The van der Waals surface area contributed by atoms with Crippen LogP contribution in [-0.4, -0.2) is 7.05 Å². The maximum Gasteiger partial charge on any atom is 0.0337 e. The smallest absolute Gasteiger partial charge is 0.0337 e. The highest BCUT2D eigenvalue weighted by Crippen LogP contribution is 2.01. The van der Waals surface area contributed by atoms with Crippen LogP contribution in [-0.2, 0) is 0 Å². The Morgan fingerprint density at radius 2 is 1.67 bits per heavy atom. The van der Waals surface area contributed by atoms with Crippen molar-refractivity contribution in [1.29, 1.82) is 0 Å². The largest absolute Gasteiger partial charge is 0.388 e. The van der Waals surface area contributed by atoms with Crippen LogP contribution in [0.3, 0.4) is 0 Å². The summed E-state index contributed by atoms with van der Waals surface area (Å²) in [5.74, 6) is 0. The monoisotopic (exact) mass is 127 g/mol. The van der Waals surface area contributed by atoms with Crippen molar-refractivity contribution in [2.24, 2.45) is 0 Å². The van der Waals surface area contributed by atoms with Crippen LogP contribution in [0.5, 0.6) is 0 Å². The van der Waals surface area contributed by atoms with Gasteiger partial charge in [0.1, 0.15) is 0 Å². The summed E-state index contributed by atoms with van der Waals surface area (Å²) in [5.41, 5.74) is 1.16. The van der Waals surface area contributed by atoms with Gasteiger partial charge < -0.3 is 5.32 Å². The van der Waals surface area contributed by atoms with Gasteiger partial charge in [-0.2, -0.15) is 0 Å². The van der Waals surface area contributed by atoms with Gasteiger partial charge in [0.05, 0.1) is 0 Å². The third-order valence-corrected chi connectivity index (χ3v) is 1.06. The second-order valence-corrected chi connectivity index (χ2v) is 1.62. The molecule has 0 heterocycles. The van der Waals surface area contributed by atoms with Gasteiger partial charge in [-0.1, -0.05) is 18.2 Å². The third-order valence-electron chi connectivity index (χ3n) is 1.06. The fraction of sp³-hybridized carbons (Fsp3) is 0.143. The lowest BCUT2D eigenvalue weighted by atomic mass is 10.3. The fourth-order valence-electron chi connectivity index (χ4n) is 0.605. The number of hydrogen-bond donors (Lipinski definition) is 1. The Bertz CT molecular complexity index is 150. The van der Waals surface area contributed by atoms with Crippen LogP contribution < -0.4 is 5.32 Å². The molecule has 0 aliphatic carbocycles. The highest BCUT2D eigenvalue weighted by Gasteiger charge is 1.77. The lowest BCUT2D eigenvalue weighted by Gasteiger charge is -1.94. The zero-order valence-electron chi connectivity index (χ0n) is 5.29. The number of benzene rings is 1. The maximum atomic E-state index is 3.03. The number of anilines is 1. The average Bonchev–Trinajstić information content (AvgIpc) is 1.90. The van der Waals surface area contributed by atoms with Gasteiger partial charge in [0.2, 0.25) is 0 Å². The molecule has 0 amide bonds. The lowest BCUT2D eigenvalue weighted by Crippen LogP contribution is -1.84. The van der Waals surface area contributed by atoms with E-state index >= 15 is 0 Å². The van der Waals surface area contributed by atoms with Crippen molar-refractivity contribution < 1.29 is 4.70 Å². The maximum absolute atomic E-state index is 3.03. The molecular weight excluding hydrogens is 117 g/mol. The van der Waals surface area contributed by atoms with Crippen LogP contribution in [0.25, 0.3) is 0 Å². The highest BCUT2D eigenvalue weighted by atomic mass is 19.0. The first kappa shape index (κ1) is 7.95. The zero-order valence-corrected chi connectivity index (χ0v) is 5.29. The first-order valence-corrected chi connectivity index (χ1v) is 2.66. The lowest BCUT2D eigenvalue weighted by molar-refractivity contribution is 1.11. The molecule has 50 valence electrons. The van der Waals surface area contributed by atoms with Gasteiger partial charge in [-0.05, 0) is 12.1 Å². The fourth-order valence-corrected chi connectivity index (χ4v) is 0.605. The van der Waals surface area contributed by atoms with Gasteiger partial charge in [0, 0.05) is 12.7 Å². The van der Waals surface area contributed by atoms with E-state index in [1.54, 1.807) is 0 Å². The normalized spacial score (nSPS) is 7.67. The van der Waals surface area contributed by atoms with E-state index in [0.717, 1.165) is 5.69 Å². The second-order valence-electron chi connectivity index (χ2n) is 1.62. The molecule has 0 fully saturated rings. The van der Waals surface area contributed by atoms with Crippen LogP contribution in [0.1, 0.15) is 0 Å². The third kappa shape index (κ3) is 2.13. The van der Waals surface area contributed by atoms with Gasteiger partial charge in [-0.15, -0.1) is 0 Å². The summed E-state index contributed by atoms with van der Waals surface area (Å²) in [5, 5.41) is 3.03. The van der Waals surface area contributed by atoms with Crippen molar-refractivity contribution in [2.75, 3.05) is 12.4 Å². The van der Waals surface area contributed by atoms with E-state index in [-0.39, 0.29) is 4.70 Å². The van der Waals surface area contributed by atoms with Crippen LogP contribution in [0.2, 0.25) is 0 Å². The molecule has 0 atom stereocenters. The van der Waals surface area contributed by atoms with Gasteiger partial charge in [0.15, 0.2) is 0 Å². The quantitative estimate of drug-likeness (QED) is 0.607. The first-order chi connectivity index (χ1) is 3.93. The summed E-state index contributed by atoms with van der Waals surface area (Å²) in [7, 11) is 1.91. The summed E-state index contributed by atoms with van der Waals surface area (Å²) in [6, 6.07) is 10.1. The van der Waals surface area contributed by atoms with Crippen LogP contribution in [0, 0.1) is 0 Å². The minimum Gasteiger partial charge on any atom is -0.388 e. The standard InChI is InChI=1S/C7H9N.FH/c1-8-7-5-3-2-4-6-7;/h2-6,8H,1H3;1H. The van der Waals surface area contributed by atoms with Crippen molar-refractivity contribution in [3.63, 3.8) is 0 Å². The van der Waals surface area contributed by atoms with Crippen LogP contribution >= 0.6 is 0 Å². The molecule has 0 aromatic heterocycles. The molecule has 0 bridgehead atoms. The van der Waals surface area contributed by atoms with Crippen molar-refractivity contribution >= 4 is 5.69 Å². The Balaban J connectivity index is 0.000000640. The van der Waals surface area contributed by atoms with Crippen molar-refractivity contribution in [3.05, 3.63) is 30.3 Å². The minimum absolute atomic E-state index is 0. The Hall–Kier alpha value is -1.05. The molecule has 0 spiro atoms. The SMILES string of the molecule is CNc1ccccc1.F. The summed E-state index contributed by atoms with van der Waals surface area (Å²) >= 11 is 0. The number of para-hydroxylation sites is 1. The van der Waals surface area contributed by atoms with Crippen molar-refractivity contribution in [3.8, 4) is 0 Å². The second kappa shape index (κ2) is 3.89. The Morgan fingerprint density at radius 3 is 2.00 bits per heavy atom. The Labute approximate surface area is 54.1 Å². The molecular formula is C7H10FN. The molecule has 0 radical (unpaired) electrons. The number of hydrogen-bond acceptors (Lipinski definition) is 1. The predicted octanol–water partition coefficient (Wildman–Crippen LogP) is 1.88. The van der Waals surface area contributed by atoms with E-state index < -0.39 is 0 Å². The summed E-state index contributed by atoms with van der Waals surface area (Å²) in [4.78, 5) is 0. The first-order valence-electron chi connectivity index (χ1n) is 2.66.